The molecule has 2 aromatic rings. The first-order chi connectivity index (χ1) is 7.62. The van der Waals surface area contributed by atoms with Crippen LogP contribution in [0.2, 0.25) is 0 Å². The zero-order valence-corrected chi connectivity index (χ0v) is 11.8. The Hall–Kier alpha value is -0.762. The molecule has 0 saturated carbocycles. The average molecular weight is 341 g/mol. The predicted octanol–water partition coefficient (Wildman–Crippen LogP) is 1.43. The minimum absolute atomic E-state index is 0.492. The van der Waals surface area contributed by atoms with Crippen LogP contribution in [-0.4, -0.2) is 17.9 Å². The molecule has 0 aliphatic rings. The molecule has 0 aliphatic heterocycles. The standard InChI is InChI=1S/C12H10AsBrO2/c14-12-9-5-4-8-11(12)13(15,16)10-6-2-1-3-7-10/h1-9H,(H,15,16). The van der Waals surface area contributed by atoms with Gasteiger partial charge in [0.25, 0.3) is 0 Å². The molecule has 0 aromatic heterocycles. The van der Waals surface area contributed by atoms with E-state index in [9.17, 15) is 7.84 Å². The second kappa shape index (κ2) is 4.62. The first kappa shape index (κ1) is 11.7. The molecule has 1 unspecified atom stereocenters. The van der Waals surface area contributed by atoms with E-state index in [0.29, 0.717) is 13.2 Å². The summed E-state index contributed by atoms with van der Waals surface area (Å²) in [4.78, 5) is 0. The molecule has 2 rings (SSSR count). The summed E-state index contributed by atoms with van der Waals surface area (Å²) in [5.41, 5.74) is 0. The summed E-state index contributed by atoms with van der Waals surface area (Å²) < 4.78 is 24.3. The summed E-state index contributed by atoms with van der Waals surface area (Å²) in [5.74, 6) is 0. The van der Waals surface area contributed by atoms with Gasteiger partial charge >= 0.3 is 105 Å². The van der Waals surface area contributed by atoms with E-state index in [-0.39, 0.29) is 0 Å². The zero-order chi connectivity index (χ0) is 11.6. The van der Waals surface area contributed by atoms with Crippen LogP contribution < -0.4 is 8.70 Å². The quantitative estimate of drug-likeness (QED) is 0.840. The second-order valence-corrected chi connectivity index (χ2v) is 8.73. The maximum absolute atomic E-state index is 12.4. The molecule has 0 fully saturated rings. The molecule has 4 heteroatoms. The van der Waals surface area contributed by atoms with E-state index in [0.717, 1.165) is 0 Å². The molecule has 82 valence electrons. The van der Waals surface area contributed by atoms with Crippen molar-refractivity contribution >= 4 is 38.5 Å². The third kappa shape index (κ3) is 2.17. The molecule has 2 nitrogen and oxygen atoms in total. The Balaban J connectivity index is 2.56. The number of rotatable bonds is 2. The number of hydrogen-bond donors (Lipinski definition) is 1. The van der Waals surface area contributed by atoms with Gasteiger partial charge in [0.2, 0.25) is 0 Å². The molecule has 1 atom stereocenters. The van der Waals surface area contributed by atoms with Crippen molar-refractivity contribution in [3.05, 3.63) is 59.1 Å². The molecule has 0 amide bonds. The Morgan fingerprint density at radius 2 is 1.50 bits per heavy atom. The van der Waals surface area contributed by atoms with Crippen LogP contribution in [0.4, 0.5) is 0 Å². The first-order valence-electron chi connectivity index (χ1n) is 4.76. The summed E-state index contributed by atoms with van der Waals surface area (Å²) in [6.45, 7) is 0. The van der Waals surface area contributed by atoms with Gasteiger partial charge in [0, 0.05) is 0 Å². The van der Waals surface area contributed by atoms with E-state index < -0.39 is 13.8 Å². The molecule has 16 heavy (non-hydrogen) atoms. The third-order valence-corrected chi connectivity index (χ3v) is 7.93. The third-order valence-electron chi connectivity index (χ3n) is 2.29. The Morgan fingerprint density at radius 1 is 0.938 bits per heavy atom. The van der Waals surface area contributed by atoms with Gasteiger partial charge in [0.05, 0.1) is 0 Å². The van der Waals surface area contributed by atoms with Crippen LogP contribution in [-0.2, 0) is 3.74 Å². The molecule has 2 aromatic carbocycles. The summed E-state index contributed by atoms with van der Waals surface area (Å²) in [6, 6.07) is 15.8. The Kier molecular flexibility index (Phi) is 3.38. The van der Waals surface area contributed by atoms with Gasteiger partial charge in [-0.15, -0.1) is 0 Å². The van der Waals surface area contributed by atoms with Crippen molar-refractivity contribution in [3.8, 4) is 0 Å². The normalized spacial score (nSPS) is 14.4. The fourth-order valence-electron chi connectivity index (χ4n) is 1.47. The molecule has 0 radical (unpaired) electrons. The van der Waals surface area contributed by atoms with Gasteiger partial charge in [-0.05, 0) is 0 Å². The van der Waals surface area contributed by atoms with Gasteiger partial charge in [-0.3, -0.25) is 0 Å². The summed E-state index contributed by atoms with van der Waals surface area (Å²) >= 11 is -0.859. The molecule has 0 heterocycles. The van der Waals surface area contributed by atoms with Gasteiger partial charge in [-0.25, -0.2) is 0 Å². The van der Waals surface area contributed by atoms with Crippen LogP contribution in [0.1, 0.15) is 0 Å². The van der Waals surface area contributed by atoms with E-state index in [2.05, 4.69) is 15.9 Å². The van der Waals surface area contributed by atoms with Gasteiger partial charge in [0.1, 0.15) is 0 Å². The first-order valence-corrected chi connectivity index (χ1v) is 9.03. The van der Waals surface area contributed by atoms with Crippen LogP contribution in [0.15, 0.2) is 59.1 Å². The molecular weight excluding hydrogens is 331 g/mol. The number of hydrogen-bond acceptors (Lipinski definition) is 1. The average Bonchev–Trinajstić information content (AvgIpc) is 2.30. The molecule has 0 aliphatic carbocycles. The summed E-state index contributed by atoms with van der Waals surface area (Å²) in [6.07, 6.45) is 0. The Bertz CT molecular complexity index is 540. The van der Waals surface area contributed by atoms with Gasteiger partial charge < -0.3 is 0 Å². The SMILES string of the molecule is O=[As](O)(c1ccccc1)c1ccccc1Br. The Labute approximate surface area is 105 Å². The van der Waals surface area contributed by atoms with Gasteiger partial charge in [-0.1, -0.05) is 0 Å². The van der Waals surface area contributed by atoms with E-state index in [4.69, 9.17) is 0 Å². The number of halogens is 1. The van der Waals surface area contributed by atoms with Gasteiger partial charge in [0.15, 0.2) is 0 Å². The van der Waals surface area contributed by atoms with Crippen molar-refractivity contribution in [2.45, 2.75) is 0 Å². The monoisotopic (exact) mass is 340 g/mol. The molecule has 1 N–H and O–H groups in total. The van der Waals surface area contributed by atoms with E-state index >= 15 is 0 Å². The summed E-state index contributed by atoms with van der Waals surface area (Å²) in [7, 11) is 0. The molecule has 0 bridgehead atoms. The van der Waals surface area contributed by atoms with Crippen molar-refractivity contribution in [2.24, 2.45) is 0 Å². The van der Waals surface area contributed by atoms with Crippen LogP contribution in [0.5, 0.6) is 0 Å². The topological polar surface area (TPSA) is 37.3 Å². The fourth-order valence-corrected chi connectivity index (χ4v) is 6.16. The van der Waals surface area contributed by atoms with Crippen LogP contribution in [0, 0.1) is 0 Å². The predicted molar refractivity (Wildman–Crippen MR) is 68.5 cm³/mol. The van der Waals surface area contributed by atoms with E-state index in [1.54, 1.807) is 42.5 Å². The molecular formula is C12H10AsBrO2. The van der Waals surface area contributed by atoms with Gasteiger partial charge in [-0.2, -0.15) is 0 Å². The van der Waals surface area contributed by atoms with E-state index in [1.165, 1.54) is 0 Å². The maximum atomic E-state index is 12.4. The van der Waals surface area contributed by atoms with Crippen molar-refractivity contribution in [3.63, 3.8) is 0 Å². The van der Waals surface area contributed by atoms with Crippen LogP contribution >= 0.6 is 15.9 Å². The number of benzene rings is 2. The van der Waals surface area contributed by atoms with Crippen LogP contribution in [0.25, 0.3) is 0 Å². The van der Waals surface area contributed by atoms with Crippen molar-refractivity contribution in [2.75, 3.05) is 0 Å². The Morgan fingerprint density at radius 3 is 2.12 bits per heavy atom. The summed E-state index contributed by atoms with van der Waals surface area (Å²) in [5, 5.41) is 0. The second-order valence-electron chi connectivity index (χ2n) is 3.36. The van der Waals surface area contributed by atoms with Crippen molar-refractivity contribution in [1.82, 2.24) is 0 Å². The zero-order valence-electron chi connectivity index (χ0n) is 8.38. The van der Waals surface area contributed by atoms with E-state index in [1.807, 2.05) is 12.1 Å². The fraction of sp³-hybridized carbons (Fsp3) is 0. The van der Waals surface area contributed by atoms with Crippen molar-refractivity contribution < 1.29 is 7.84 Å². The van der Waals surface area contributed by atoms with Crippen LogP contribution in [0.3, 0.4) is 0 Å². The van der Waals surface area contributed by atoms with Crippen molar-refractivity contribution in [1.29, 1.82) is 0 Å². The minimum atomic E-state index is -4.17. The molecule has 0 spiro atoms. The molecule has 0 saturated heterocycles.